The van der Waals surface area contributed by atoms with Crippen LogP contribution in [0, 0.1) is 0 Å². The molecule has 0 bridgehead atoms. The third-order valence-electron chi connectivity index (χ3n) is 5.09. The molecule has 5 nitrogen and oxygen atoms in total. The average Bonchev–Trinajstić information content (AvgIpc) is 3.28. The number of halogens is 6. The van der Waals surface area contributed by atoms with E-state index in [-0.39, 0.29) is 63.4 Å². The van der Waals surface area contributed by atoms with E-state index in [9.17, 15) is 26.3 Å². The third-order valence-corrected chi connectivity index (χ3v) is 5.09. The Hall–Kier alpha value is -2.37. The molecule has 0 unspecified atom stereocenters. The van der Waals surface area contributed by atoms with Gasteiger partial charge in [-0.15, -0.1) is 0 Å². The number of nitrogens with one attached hydrogen (secondary N) is 1. The van der Waals surface area contributed by atoms with Crippen molar-refractivity contribution in [2.45, 2.75) is 38.5 Å². The van der Waals surface area contributed by atoms with Crippen LogP contribution in [0.25, 0.3) is 33.8 Å². The standard InChI is InChI=1S/C22H19F6N5.Na.H/c1-20(2,3)19-31-18(33(4)32-19)17-29-15-10-11(9-14(16(15)30-17)22(26,27)28)12-7-5-6-8-13(12)21(23,24)25;;/h5-10H,1-4H3,(H,29,30);;. The molecule has 4 aromatic rings. The summed E-state index contributed by atoms with van der Waals surface area (Å²) in [5.74, 6) is 0.708. The molecular weight excluding hydrogens is 471 g/mol. The van der Waals surface area contributed by atoms with Crippen LogP contribution in [-0.4, -0.2) is 54.3 Å². The van der Waals surface area contributed by atoms with E-state index < -0.39 is 28.9 Å². The molecule has 34 heavy (non-hydrogen) atoms. The van der Waals surface area contributed by atoms with Crippen LogP contribution in [0.2, 0.25) is 0 Å². The maximum absolute atomic E-state index is 13.9. The van der Waals surface area contributed by atoms with Crippen LogP contribution in [0.3, 0.4) is 0 Å². The molecule has 0 atom stereocenters. The molecular formula is C22H20F6N5Na. The molecule has 0 aliphatic rings. The molecule has 176 valence electrons. The number of benzene rings is 2. The van der Waals surface area contributed by atoms with E-state index in [0.717, 1.165) is 12.1 Å². The van der Waals surface area contributed by atoms with Crippen LogP contribution in [0.1, 0.15) is 37.7 Å². The minimum absolute atomic E-state index is 0. The number of nitrogens with zero attached hydrogens (tertiary/aromatic N) is 4. The number of aromatic amines is 1. The molecule has 0 aliphatic carbocycles. The van der Waals surface area contributed by atoms with Crippen LogP contribution in [0.5, 0.6) is 0 Å². The van der Waals surface area contributed by atoms with Crippen LogP contribution in [0.15, 0.2) is 36.4 Å². The molecule has 2 aromatic carbocycles. The van der Waals surface area contributed by atoms with Gasteiger partial charge in [0, 0.05) is 12.5 Å². The number of H-pyrrole nitrogens is 1. The Morgan fingerprint density at radius 1 is 0.853 bits per heavy atom. The summed E-state index contributed by atoms with van der Waals surface area (Å²) in [6, 6.07) is 6.39. The molecule has 1 N–H and O–H groups in total. The number of rotatable bonds is 2. The predicted octanol–water partition coefficient (Wildman–Crippen LogP) is 5.71. The second-order valence-corrected chi connectivity index (χ2v) is 8.68. The topological polar surface area (TPSA) is 59.4 Å². The number of fused-ring (bicyclic) bond motifs is 1. The van der Waals surface area contributed by atoms with Gasteiger partial charge in [0.05, 0.1) is 22.2 Å². The zero-order chi connectivity index (χ0) is 24.3. The number of imidazole rings is 1. The van der Waals surface area contributed by atoms with E-state index >= 15 is 0 Å². The van der Waals surface area contributed by atoms with Crippen molar-refractivity contribution in [1.29, 1.82) is 0 Å². The van der Waals surface area contributed by atoms with Gasteiger partial charge in [0.1, 0.15) is 0 Å². The van der Waals surface area contributed by atoms with Crippen LogP contribution in [0.4, 0.5) is 26.3 Å². The number of aromatic nitrogens is 5. The summed E-state index contributed by atoms with van der Waals surface area (Å²) < 4.78 is 83.5. The molecule has 0 radical (unpaired) electrons. The second-order valence-electron chi connectivity index (χ2n) is 8.68. The van der Waals surface area contributed by atoms with Gasteiger partial charge in [0.2, 0.25) is 0 Å². The molecule has 0 aliphatic heterocycles. The van der Waals surface area contributed by atoms with Gasteiger partial charge < -0.3 is 4.98 Å². The molecule has 0 spiro atoms. The third kappa shape index (κ3) is 4.87. The van der Waals surface area contributed by atoms with Gasteiger partial charge in [-0.2, -0.15) is 31.4 Å². The Labute approximate surface area is 212 Å². The van der Waals surface area contributed by atoms with Crippen LogP contribution >= 0.6 is 0 Å². The predicted molar refractivity (Wildman–Crippen MR) is 117 cm³/mol. The Bertz CT molecular complexity index is 1340. The number of hydrogen-bond acceptors (Lipinski definition) is 3. The van der Waals surface area contributed by atoms with E-state index in [1.165, 1.54) is 22.9 Å². The zero-order valence-electron chi connectivity index (χ0n) is 18.0. The van der Waals surface area contributed by atoms with Crippen molar-refractivity contribution in [2.75, 3.05) is 0 Å². The van der Waals surface area contributed by atoms with Crippen molar-refractivity contribution < 1.29 is 26.3 Å². The first-order chi connectivity index (χ1) is 15.2. The molecule has 0 fully saturated rings. The van der Waals surface area contributed by atoms with Crippen molar-refractivity contribution in [1.82, 2.24) is 24.7 Å². The van der Waals surface area contributed by atoms with Crippen LogP contribution in [-0.2, 0) is 24.8 Å². The van der Waals surface area contributed by atoms with Gasteiger partial charge in [0.15, 0.2) is 17.5 Å². The quantitative estimate of drug-likeness (QED) is 0.289. The summed E-state index contributed by atoms with van der Waals surface area (Å²) in [6.07, 6.45) is -9.57. The van der Waals surface area contributed by atoms with Gasteiger partial charge in [0.25, 0.3) is 0 Å². The normalized spacial score (nSPS) is 12.8. The first-order valence-electron chi connectivity index (χ1n) is 9.85. The van der Waals surface area contributed by atoms with Gasteiger partial charge in [-0.25, -0.2) is 14.6 Å². The first kappa shape index (κ1) is 26.2. The summed E-state index contributed by atoms with van der Waals surface area (Å²) in [4.78, 5) is 11.3. The van der Waals surface area contributed by atoms with Gasteiger partial charge >= 0.3 is 41.9 Å². The Morgan fingerprint density at radius 3 is 2.03 bits per heavy atom. The fraction of sp³-hybridized carbons (Fsp3) is 0.318. The second kappa shape index (κ2) is 8.69. The Balaban J connectivity index is 0.00000324. The van der Waals surface area contributed by atoms with E-state index in [2.05, 4.69) is 20.1 Å². The number of alkyl halides is 6. The van der Waals surface area contributed by atoms with Crippen molar-refractivity contribution in [2.24, 2.45) is 7.05 Å². The SMILES string of the molecule is Cn1nc(C(C)(C)C)nc1-c1nc2cc(-c3ccccc3C(F)(F)F)cc(C(F)(F)F)c2[nH]1.[NaH]. The van der Waals surface area contributed by atoms with E-state index in [4.69, 9.17) is 0 Å². The first-order valence-corrected chi connectivity index (χ1v) is 9.85. The molecule has 12 heteroatoms. The molecule has 2 aromatic heterocycles. The Morgan fingerprint density at radius 2 is 1.47 bits per heavy atom. The van der Waals surface area contributed by atoms with Gasteiger partial charge in [-0.1, -0.05) is 39.0 Å². The number of hydrogen-bond donors (Lipinski definition) is 1. The molecule has 0 saturated carbocycles. The number of aryl methyl sites for hydroxylation is 1. The van der Waals surface area contributed by atoms with E-state index in [1.54, 1.807) is 7.05 Å². The molecule has 4 rings (SSSR count). The summed E-state index contributed by atoms with van der Waals surface area (Å²) in [5, 5.41) is 4.30. The summed E-state index contributed by atoms with van der Waals surface area (Å²) in [7, 11) is 1.58. The van der Waals surface area contributed by atoms with E-state index in [0.29, 0.717) is 11.9 Å². The minimum atomic E-state index is -4.83. The summed E-state index contributed by atoms with van der Waals surface area (Å²) >= 11 is 0. The van der Waals surface area contributed by atoms with Crippen molar-refractivity contribution in [3.05, 3.63) is 53.3 Å². The fourth-order valence-electron chi connectivity index (χ4n) is 3.49. The average molecular weight is 491 g/mol. The monoisotopic (exact) mass is 491 g/mol. The van der Waals surface area contributed by atoms with E-state index in [1.807, 2.05) is 20.8 Å². The summed E-state index contributed by atoms with van der Waals surface area (Å²) in [6.45, 7) is 5.66. The Kier molecular flexibility index (Phi) is 6.71. The van der Waals surface area contributed by atoms with Gasteiger partial charge in [-0.05, 0) is 29.3 Å². The summed E-state index contributed by atoms with van der Waals surface area (Å²) in [5.41, 5.74) is -3.64. The van der Waals surface area contributed by atoms with Gasteiger partial charge in [-0.3, -0.25) is 0 Å². The maximum atomic E-state index is 13.9. The van der Waals surface area contributed by atoms with Crippen molar-refractivity contribution in [3.8, 4) is 22.8 Å². The molecule has 0 amide bonds. The van der Waals surface area contributed by atoms with Crippen molar-refractivity contribution in [3.63, 3.8) is 0 Å². The zero-order valence-corrected chi connectivity index (χ0v) is 18.0. The molecule has 2 heterocycles. The van der Waals surface area contributed by atoms with Crippen LogP contribution < -0.4 is 0 Å². The molecule has 0 saturated heterocycles. The van der Waals surface area contributed by atoms with Crippen molar-refractivity contribution >= 4 is 40.6 Å². The fourth-order valence-corrected chi connectivity index (χ4v) is 3.49.